The average molecular weight is 263 g/mol. The second kappa shape index (κ2) is 6.19. The molecule has 0 unspecified atom stereocenters. The average Bonchev–Trinajstić information content (AvgIpc) is 2.39. The van der Waals surface area contributed by atoms with Crippen molar-refractivity contribution in [2.75, 3.05) is 56.6 Å². The van der Waals surface area contributed by atoms with Crippen molar-refractivity contribution in [3.05, 3.63) is 12.3 Å². The van der Waals surface area contributed by atoms with Crippen molar-refractivity contribution in [1.29, 1.82) is 0 Å². The summed E-state index contributed by atoms with van der Waals surface area (Å²) in [4.78, 5) is 15.8. The highest BCUT2D eigenvalue weighted by molar-refractivity contribution is 5.42. The molecule has 106 valence electrons. The summed E-state index contributed by atoms with van der Waals surface area (Å²) in [5, 5.41) is 0. The van der Waals surface area contributed by atoms with Gasteiger partial charge in [-0.3, -0.25) is 4.90 Å². The van der Waals surface area contributed by atoms with Crippen LogP contribution in [0.5, 0.6) is 0 Å². The van der Waals surface area contributed by atoms with Crippen LogP contribution in [-0.2, 0) is 0 Å². The maximum Gasteiger partial charge on any atom is 0.227 e. The fraction of sp³-hybridized carbons (Fsp3) is 0.714. The van der Waals surface area contributed by atoms with E-state index in [0.29, 0.717) is 0 Å². The van der Waals surface area contributed by atoms with Gasteiger partial charge in [-0.25, -0.2) is 4.98 Å². The number of piperazine rings is 1. The summed E-state index contributed by atoms with van der Waals surface area (Å²) < 4.78 is 0. The third-order valence-corrected chi connectivity index (χ3v) is 3.36. The Bertz CT molecular complexity index is 397. The number of hydrogen-bond donors (Lipinski definition) is 0. The minimum atomic E-state index is 0.736. The van der Waals surface area contributed by atoms with E-state index in [1.165, 1.54) is 6.54 Å². The second-order valence-corrected chi connectivity index (χ2v) is 5.79. The van der Waals surface area contributed by atoms with Crippen LogP contribution >= 0.6 is 0 Å². The van der Waals surface area contributed by atoms with Gasteiger partial charge in [-0.1, -0.05) is 13.8 Å². The highest BCUT2D eigenvalue weighted by atomic mass is 15.3. The molecule has 0 amide bonds. The smallest absolute Gasteiger partial charge is 0.227 e. The van der Waals surface area contributed by atoms with E-state index in [1.54, 1.807) is 0 Å². The van der Waals surface area contributed by atoms with E-state index in [0.717, 1.165) is 43.9 Å². The molecule has 1 aromatic heterocycles. The molecule has 2 rings (SSSR count). The Hall–Kier alpha value is -1.36. The van der Waals surface area contributed by atoms with Gasteiger partial charge in [0, 0.05) is 53.0 Å². The zero-order valence-corrected chi connectivity index (χ0v) is 12.5. The molecule has 2 heterocycles. The molecule has 0 bridgehead atoms. The summed E-state index contributed by atoms with van der Waals surface area (Å²) >= 11 is 0. The lowest BCUT2D eigenvalue weighted by Crippen LogP contribution is -2.48. The van der Waals surface area contributed by atoms with Crippen LogP contribution in [0.15, 0.2) is 12.3 Å². The molecule has 1 aliphatic heterocycles. The van der Waals surface area contributed by atoms with E-state index in [9.17, 15) is 0 Å². The van der Waals surface area contributed by atoms with Crippen molar-refractivity contribution in [3.63, 3.8) is 0 Å². The predicted octanol–water partition coefficient (Wildman–Crippen LogP) is 1.32. The van der Waals surface area contributed by atoms with Gasteiger partial charge in [-0.05, 0) is 12.0 Å². The van der Waals surface area contributed by atoms with Gasteiger partial charge in [-0.15, -0.1) is 0 Å². The minimum absolute atomic E-state index is 0.736. The Morgan fingerprint density at radius 3 is 2.47 bits per heavy atom. The van der Waals surface area contributed by atoms with Crippen LogP contribution in [0.3, 0.4) is 0 Å². The summed E-state index contributed by atoms with van der Waals surface area (Å²) in [6.07, 6.45) is 1.85. The molecule has 19 heavy (non-hydrogen) atoms. The van der Waals surface area contributed by atoms with Gasteiger partial charge in [-0.2, -0.15) is 4.98 Å². The number of aromatic nitrogens is 2. The Balaban J connectivity index is 1.96. The lowest BCUT2D eigenvalue weighted by Gasteiger charge is -2.35. The molecule has 0 radical (unpaired) electrons. The van der Waals surface area contributed by atoms with Crippen LogP contribution in [-0.4, -0.2) is 61.7 Å². The van der Waals surface area contributed by atoms with Crippen molar-refractivity contribution in [3.8, 4) is 0 Å². The van der Waals surface area contributed by atoms with Crippen LogP contribution in [0.4, 0.5) is 11.8 Å². The van der Waals surface area contributed by atoms with Crippen LogP contribution in [0.1, 0.15) is 13.8 Å². The van der Waals surface area contributed by atoms with Gasteiger partial charge in [0.25, 0.3) is 0 Å². The Morgan fingerprint density at radius 2 is 1.89 bits per heavy atom. The third-order valence-electron chi connectivity index (χ3n) is 3.36. The zero-order chi connectivity index (χ0) is 13.8. The lowest BCUT2D eigenvalue weighted by molar-refractivity contribution is 0.230. The van der Waals surface area contributed by atoms with Crippen LogP contribution in [0.25, 0.3) is 0 Å². The van der Waals surface area contributed by atoms with E-state index in [2.05, 4.69) is 33.6 Å². The molecule has 0 aromatic carbocycles. The van der Waals surface area contributed by atoms with E-state index in [4.69, 9.17) is 0 Å². The maximum atomic E-state index is 4.60. The molecule has 0 N–H and O–H groups in total. The van der Waals surface area contributed by atoms with Crippen LogP contribution in [0, 0.1) is 5.92 Å². The molecule has 1 saturated heterocycles. The molecular weight excluding hydrogens is 238 g/mol. The molecule has 5 heteroatoms. The van der Waals surface area contributed by atoms with Gasteiger partial charge < -0.3 is 9.80 Å². The monoisotopic (exact) mass is 263 g/mol. The summed E-state index contributed by atoms with van der Waals surface area (Å²) in [5.74, 6) is 2.56. The molecule has 5 nitrogen and oxygen atoms in total. The third kappa shape index (κ3) is 3.80. The first-order chi connectivity index (χ1) is 9.06. The standard InChI is InChI=1S/C14H25N5/c1-12(2)11-18-7-9-19(10-8-18)14-15-6-5-13(16-14)17(3)4/h5-6,12H,7-11H2,1-4H3. The normalized spacial score (nSPS) is 17.0. The van der Waals surface area contributed by atoms with E-state index in [-0.39, 0.29) is 0 Å². The van der Waals surface area contributed by atoms with Gasteiger partial charge >= 0.3 is 0 Å². The van der Waals surface area contributed by atoms with Gasteiger partial charge in [0.15, 0.2) is 0 Å². The highest BCUT2D eigenvalue weighted by Gasteiger charge is 2.19. The summed E-state index contributed by atoms with van der Waals surface area (Å²) in [7, 11) is 4.01. The molecule has 1 fully saturated rings. The Labute approximate surface area is 116 Å². The fourth-order valence-corrected chi connectivity index (χ4v) is 2.39. The largest absolute Gasteiger partial charge is 0.363 e. The number of anilines is 2. The number of nitrogens with zero attached hydrogens (tertiary/aromatic N) is 5. The fourth-order valence-electron chi connectivity index (χ4n) is 2.39. The maximum absolute atomic E-state index is 4.60. The number of rotatable bonds is 4. The highest BCUT2D eigenvalue weighted by Crippen LogP contribution is 2.15. The van der Waals surface area contributed by atoms with Crippen molar-refractivity contribution >= 4 is 11.8 Å². The summed E-state index contributed by atoms with van der Waals surface area (Å²) in [6.45, 7) is 9.98. The summed E-state index contributed by atoms with van der Waals surface area (Å²) in [5.41, 5.74) is 0. The molecule has 0 aliphatic carbocycles. The van der Waals surface area contributed by atoms with Crippen molar-refractivity contribution in [2.45, 2.75) is 13.8 Å². The van der Waals surface area contributed by atoms with E-state index in [1.807, 2.05) is 31.3 Å². The Kier molecular flexibility index (Phi) is 4.58. The predicted molar refractivity (Wildman–Crippen MR) is 79.9 cm³/mol. The van der Waals surface area contributed by atoms with Crippen molar-refractivity contribution in [1.82, 2.24) is 14.9 Å². The van der Waals surface area contributed by atoms with Crippen molar-refractivity contribution in [2.24, 2.45) is 5.92 Å². The van der Waals surface area contributed by atoms with Gasteiger partial charge in [0.2, 0.25) is 5.95 Å². The van der Waals surface area contributed by atoms with Gasteiger partial charge in [0.05, 0.1) is 0 Å². The van der Waals surface area contributed by atoms with Crippen molar-refractivity contribution < 1.29 is 0 Å². The SMILES string of the molecule is CC(C)CN1CCN(c2nccc(N(C)C)n2)CC1. The van der Waals surface area contributed by atoms with Gasteiger partial charge in [0.1, 0.15) is 5.82 Å². The molecule has 1 aliphatic rings. The molecular formula is C14H25N5. The molecule has 0 spiro atoms. The van der Waals surface area contributed by atoms with E-state index < -0.39 is 0 Å². The molecule has 0 atom stereocenters. The first-order valence-corrected chi connectivity index (χ1v) is 7.04. The quantitative estimate of drug-likeness (QED) is 0.819. The van der Waals surface area contributed by atoms with Crippen LogP contribution < -0.4 is 9.80 Å². The molecule has 1 aromatic rings. The van der Waals surface area contributed by atoms with Crippen LogP contribution in [0.2, 0.25) is 0 Å². The number of hydrogen-bond acceptors (Lipinski definition) is 5. The Morgan fingerprint density at radius 1 is 1.21 bits per heavy atom. The van der Waals surface area contributed by atoms with E-state index >= 15 is 0 Å². The first-order valence-electron chi connectivity index (χ1n) is 7.04. The minimum Gasteiger partial charge on any atom is -0.363 e. The molecule has 0 saturated carbocycles. The first kappa shape index (κ1) is 14.1. The summed E-state index contributed by atoms with van der Waals surface area (Å²) in [6, 6.07) is 1.94. The lowest BCUT2D eigenvalue weighted by atomic mass is 10.2. The second-order valence-electron chi connectivity index (χ2n) is 5.79. The topological polar surface area (TPSA) is 35.5 Å². The zero-order valence-electron chi connectivity index (χ0n) is 12.5.